The first-order chi connectivity index (χ1) is 8.00. The number of carbonyl (C=O) groups is 1. The molecule has 1 aliphatic heterocycles. The molecule has 1 aliphatic carbocycles. The van der Waals surface area contributed by atoms with Crippen LogP contribution in [0.15, 0.2) is 0 Å². The van der Waals surface area contributed by atoms with Gasteiger partial charge in [-0.3, -0.25) is 4.79 Å². The number of piperidine rings is 1. The number of hydrogen-bond donors (Lipinski definition) is 1. The van der Waals surface area contributed by atoms with E-state index in [9.17, 15) is 4.79 Å². The molecule has 1 saturated heterocycles. The molecule has 0 aromatic carbocycles. The Hall–Kier alpha value is -0.570. The molecule has 2 fully saturated rings. The standard InChI is InChI=1S/C14H26N2O/c1-11-5-8-16(12(2)9-11)13(17)10-14(15)6-3-4-7-14/h11-12H,3-10,15H2,1-2H3. The summed E-state index contributed by atoms with van der Waals surface area (Å²) in [5.74, 6) is 1.04. The van der Waals surface area contributed by atoms with Crippen molar-refractivity contribution >= 4 is 5.91 Å². The number of amides is 1. The first kappa shape index (κ1) is 12.9. The Labute approximate surface area is 105 Å². The molecule has 0 aromatic heterocycles. The molecule has 0 aromatic rings. The number of nitrogens with zero attached hydrogens (tertiary/aromatic N) is 1. The third-order valence-corrected chi connectivity index (χ3v) is 4.56. The maximum absolute atomic E-state index is 12.3. The highest BCUT2D eigenvalue weighted by Crippen LogP contribution is 2.32. The summed E-state index contributed by atoms with van der Waals surface area (Å²) in [6.07, 6.45) is 7.28. The lowest BCUT2D eigenvalue weighted by Gasteiger charge is -2.38. The molecule has 2 unspecified atom stereocenters. The van der Waals surface area contributed by atoms with Crippen molar-refractivity contribution in [1.29, 1.82) is 0 Å². The molecule has 3 heteroatoms. The third kappa shape index (κ3) is 3.01. The molecule has 3 nitrogen and oxygen atoms in total. The molecule has 0 radical (unpaired) electrons. The zero-order valence-corrected chi connectivity index (χ0v) is 11.2. The molecular weight excluding hydrogens is 212 g/mol. The molecule has 1 amide bonds. The average Bonchev–Trinajstić information content (AvgIpc) is 2.64. The van der Waals surface area contributed by atoms with E-state index in [0.717, 1.165) is 38.1 Å². The van der Waals surface area contributed by atoms with Gasteiger partial charge in [0.1, 0.15) is 0 Å². The van der Waals surface area contributed by atoms with E-state index in [2.05, 4.69) is 18.7 Å². The second-order valence-corrected chi connectivity index (χ2v) is 6.31. The summed E-state index contributed by atoms with van der Waals surface area (Å²) in [7, 11) is 0. The zero-order valence-electron chi connectivity index (χ0n) is 11.2. The molecule has 2 aliphatic rings. The van der Waals surface area contributed by atoms with Gasteiger partial charge in [-0.25, -0.2) is 0 Å². The van der Waals surface area contributed by atoms with E-state index in [0.29, 0.717) is 12.5 Å². The minimum absolute atomic E-state index is 0.195. The van der Waals surface area contributed by atoms with E-state index < -0.39 is 0 Å². The van der Waals surface area contributed by atoms with Crippen molar-refractivity contribution in [1.82, 2.24) is 4.90 Å². The van der Waals surface area contributed by atoms with Crippen molar-refractivity contribution in [3.8, 4) is 0 Å². The smallest absolute Gasteiger partial charge is 0.224 e. The van der Waals surface area contributed by atoms with Crippen molar-refractivity contribution in [3.63, 3.8) is 0 Å². The van der Waals surface area contributed by atoms with Crippen LogP contribution < -0.4 is 5.73 Å². The summed E-state index contributed by atoms with van der Waals surface area (Å²) >= 11 is 0. The van der Waals surface area contributed by atoms with Crippen molar-refractivity contribution < 1.29 is 4.79 Å². The van der Waals surface area contributed by atoms with E-state index in [1.54, 1.807) is 0 Å². The lowest BCUT2D eigenvalue weighted by Crippen LogP contribution is -2.49. The zero-order chi connectivity index (χ0) is 12.5. The largest absolute Gasteiger partial charge is 0.340 e. The monoisotopic (exact) mass is 238 g/mol. The van der Waals surface area contributed by atoms with Crippen molar-refractivity contribution in [2.45, 2.75) is 70.4 Å². The topological polar surface area (TPSA) is 46.3 Å². The van der Waals surface area contributed by atoms with Crippen molar-refractivity contribution in [2.75, 3.05) is 6.54 Å². The van der Waals surface area contributed by atoms with E-state index in [4.69, 9.17) is 5.73 Å². The van der Waals surface area contributed by atoms with Gasteiger partial charge in [0.05, 0.1) is 0 Å². The van der Waals surface area contributed by atoms with E-state index >= 15 is 0 Å². The number of carbonyl (C=O) groups excluding carboxylic acids is 1. The molecule has 2 atom stereocenters. The summed E-state index contributed by atoms with van der Waals surface area (Å²) in [6.45, 7) is 5.38. The Morgan fingerprint density at radius 1 is 1.35 bits per heavy atom. The lowest BCUT2D eigenvalue weighted by atomic mass is 9.90. The quantitative estimate of drug-likeness (QED) is 0.802. The Kier molecular flexibility index (Phi) is 3.76. The minimum atomic E-state index is -0.195. The third-order valence-electron chi connectivity index (χ3n) is 4.56. The molecule has 17 heavy (non-hydrogen) atoms. The van der Waals surface area contributed by atoms with Crippen LogP contribution in [-0.2, 0) is 4.79 Å². The van der Waals surface area contributed by atoms with E-state index in [1.807, 2.05) is 0 Å². The highest BCUT2D eigenvalue weighted by atomic mass is 16.2. The number of likely N-dealkylation sites (tertiary alicyclic amines) is 1. The number of hydrogen-bond acceptors (Lipinski definition) is 2. The van der Waals surface area contributed by atoms with Crippen molar-refractivity contribution in [3.05, 3.63) is 0 Å². The molecule has 2 rings (SSSR count). The van der Waals surface area contributed by atoms with Crippen LogP contribution in [0.25, 0.3) is 0 Å². The first-order valence-corrected chi connectivity index (χ1v) is 7.08. The highest BCUT2D eigenvalue weighted by molar-refractivity contribution is 5.78. The van der Waals surface area contributed by atoms with Gasteiger partial charge in [-0.15, -0.1) is 0 Å². The number of rotatable bonds is 2. The highest BCUT2D eigenvalue weighted by Gasteiger charge is 2.35. The summed E-state index contributed by atoms with van der Waals surface area (Å²) in [5, 5.41) is 0. The van der Waals surface area contributed by atoms with Crippen LogP contribution in [0.2, 0.25) is 0 Å². The van der Waals surface area contributed by atoms with Gasteiger partial charge in [0.15, 0.2) is 0 Å². The van der Waals surface area contributed by atoms with Crippen LogP contribution in [-0.4, -0.2) is 28.9 Å². The summed E-state index contributed by atoms with van der Waals surface area (Å²) in [6, 6.07) is 0.399. The van der Waals surface area contributed by atoms with Crippen LogP contribution in [0.3, 0.4) is 0 Å². The second-order valence-electron chi connectivity index (χ2n) is 6.31. The van der Waals surface area contributed by atoms with Crippen LogP contribution in [0.4, 0.5) is 0 Å². The maximum Gasteiger partial charge on any atom is 0.224 e. The SMILES string of the molecule is CC1CCN(C(=O)CC2(N)CCCC2)C(C)C1. The Balaban J connectivity index is 1.91. The first-order valence-electron chi connectivity index (χ1n) is 7.08. The molecule has 1 heterocycles. The van der Waals surface area contributed by atoms with Gasteiger partial charge < -0.3 is 10.6 Å². The Morgan fingerprint density at radius 2 is 2.00 bits per heavy atom. The van der Waals surface area contributed by atoms with E-state index in [1.165, 1.54) is 12.8 Å². The normalized spacial score (nSPS) is 32.8. The summed E-state index contributed by atoms with van der Waals surface area (Å²) in [5.41, 5.74) is 6.10. The van der Waals surface area contributed by atoms with Gasteiger partial charge in [0.2, 0.25) is 5.91 Å². The average molecular weight is 238 g/mol. The van der Waals surface area contributed by atoms with Gasteiger partial charge in [0.25, 0.3) is 0 Å². The molecule has 1 saturated carbocycles. The predicted molar refractivity (Wildman–Crippen MR) is 69.6 cm³/mol. The van der Waals surface area contributed by atoms with Crippen molar-refractivity contribution in [2.24, 2.45) is 11.7 Å². The van der Waals surface area contributed by atoms with Gasteiger partial charge in [-0.2, -0.15) is 0 Å². The lowest BCUT2D eigenvalue weighted by molar-refractivity contribution is -0.136. The van der Waals surface area contributed by atoms with Crippen LogP contribution >= 0.6 is 0 Å². The fourth-order valence-electron chi connectivity index (χ4n) is 3.44. The predicted octanol–water partition coefficient (Wildman–Crippen LogP) is 2.29. The Morgan fingerprint density at radius 3 is 2.59 bits per heavy atom. The fraction of sp³-hybridized carbons (Fsp3) is 0.929. The Bertz CT molecular complexity index is 284. The fourth-order valence-corrected chi connectivity index (χ4v) is 3.44. The van der Waals surface area contributed by atoms with Crippen LogP contribution in [0.1, 0.15) is 58.8 Å². The summed E-state index contributed by atoms with van der Waals surface area (Å²) in [4.78, 5) is 14.4. The maximum atomic E-state index is 12.3. The van der Waals surface area contributed by atoms with Gasteiger partial charge in [0, 0.05) is 24.5 Å². The molecule has 0 bridgehead atoms. The molecule has 0 spiro atoms. The molecule has 98 valence electrons. The molecular formula is C14H26N2O. The van der Waals surface area contributed by atoms with Gasteiger partial charge in [-0.1, -0.05) is 19.8 Å². The van der Waals surface area contributed by atoms with E-state index in [-0.39, 0.29) is 11.4 Å². The molecule has 2 N–H and O–H groups in total. The number of nitrogens with two attached hydrogens (primary N) is 1. The minimum Gasteiger partial charge on any atom is -0.340 e. The van der Waals surface area contributed by atoms with Gasteiger partial charge >= 0.3 is 0 Å². The van der Waals surface area contributed by atoms with Crippen LogP contribution in [0, 0.1) is 5.92 Å². The second kappa shape index (κ2) is 4.97. The van der Waals surface area contributed by atoms with Gasteiger partial charge in [-0.05, 0) is 38.5 Å². The summed E-state index contributed by atoms with van der Waals surface area (Å²) < 4.78 is 0. The van der Waals surface area contributed by atoms with Crippen LogP contribution in [0.5, 0.6) is 0 Å².